The van der Waals surface area contributed by atoms with Crippen LogP contribution in [0.2, 0.25) is 0 Å². The second kappa shape index (κ2) is 7.77. The highest BCUT2D eigenvalue weighted by Gasteiger charge is 2.22. The number of hydrogen-bond acceptors (Lipinski definition) is 7. The lowest BCUT2D eigenvalue weighted by Gasteiger charge is -2.08. The molecule has 0 bridgehead atoms. The molecule has 1 atom stereocenters. The van der Waals surface area contributed by atoms with Gasteiger partial charge in [0.25, 0.3) is 5.56 Å². The summed E-state index contributed by atoms with van der Waals surface area (Å²) < 4.78 is 9.21. The van der Waals surface area contributed by atoms with E-state index >= 15 is 0 Å². The number of phenolic OH excluding ortho intramolecular Hbond substituents is 1. The molecule has 0 spiro atoms. The summed E-state index contributed by atoms with van der Waals surface area (Å²) in [5.41, 5.74) is 2.36. The Hall–Kier alpha value is -3.69. The summed E-state index contributed by atoms with van der Waals surface area (Å²) >= 11 is 1.31. The number of aryl methyl sites for hydroxylation is 1. The number of methoxy groups -OCH3 is 1. The van der Waals surface area contributed by atoms with Gasteiger partial charge < -0.3 is 19.5 Å². The maximum absolute atomic E-state index is 13.2. The predicted molar refractivity (Wildman–Crippen MR) is 122 cm³/mol. The Kier molecular flexibility index (Phi) is 4.91. The minimum Gasteiger partial charge on any atom is -0.508 e. The Morgan fingerprint density at radius 1 is 1.19 bits per heavy atom. The summed E-state index contributed by atoms with van der Waals surface area (Å²) in [5.74, 6) is 0.798. The van der Waals surface area contributed by atoms with Gasteiger partial charge in [0.1, 0.15) is 28.1 Å². The number of thiazole rings is 1. The van der Waals surface area contributed by atoms with E-state index in [0.717, 1.165) is 16.0 Å². The monoisotopic (exact) mass is 448 g/mol. The van der Waals surface area contributed by atoms with Crippen LogP contribution in [0.25, 0.3) is 21.3 Å². The highest BCUT2D eigenvalue weighted by Crippen LogP contribution is 2.35. The van der Waals surface area contributed by atoms with Crippen LogP contribution in [-0.4, -0.2) is 36.7 Å². The first-order valence-electron chi connectivity index (χ1n) is 9.91. The van der Waals surface area contributed by atoms with Crippen LogP contribution in [0, 0.1) is 0 Å². The molecule has 162 valence electrons. The van der Waals surface area contributed by atoms with Crippen LogP contribution in [0.3, 0.4) is 0 Å². The fourth-order valence-corrected chi connectivity index (χ4v) is 4.94. The standard InChI is InChI=1S/C23H20N4O4S/c1-26-18-17(11-24-27(23(18)30)12-13-5-3-8-16(9-13)31-2)20-21(26)25-22(32-20)19(29)14-6-4-7-15(28)10-14/h3-11,19,28-29H,12H2,1-2H3. The summed E-state index contributed by atoms with van der Waals surface area (Å²) in [6, 6.07) is 14.0. The van der Waals surface area contributed by atoms with Crippen LogP contribution in [0.5, 0.6) is 11.5 Å². The molecule has 1 unspecified atom stereocenters. The molecule has 0 aliphatic heterocycles. The number of aliphatic hydroxyl groups is 1. The molecule has 5 rings (SSSR count). The molecule has 0 amide bonds. The lowest BCUT2D eigenvalue weighted by atomic mass is 10.1. The van der Waals surface area contributed by atoms with Gasteiger partial charge >= 0.3 is 0 Å². The van der Waals surface area contributed by atoms with E-state index in [1.807, 2.05) is 24.3 Å². The van der Waals surface area contributed by atoms with E-state index in [-0.39, 0.29) is 11.3 Å². The summed E-state index contributed by atoms with van der Waals surface area (Å²) in [5, 5.41) is 26.0. The molecule has 5 aromatic rings. The second-order valence-corrected chi connectivity index (χ2v) is 8.51. The Labute approximate surface area is 186 Å². The first kappa shape index (κ1) is 20.2. The first-order valence-corrected chi connectivity index (χ1v) is 10.7. The average Bonchev–Trinajstić information content (AvgIpc) is 3.34. The molecule has 9 heteroatoms. The van der Waals surface area contributed by atoms with Gasteiger partial charge in [-0.3, -0.25) is 4.79 Å². The van der Waals surface area contributed by atoms with E-state index in [1.165, 1.54) is 22.1 Å². The van der Waals surface area contributed by atoms with E-state index in [2.05, 4.69) is 10.1 Å². The Bertz CT molecular complexity index is 1520. The van der Waals surface area contributed by atoms with E-state index in [0.29, 0.717) is 33.7 Å². The molecule has 0 saturated carbocycles. The van der Waals surface area contributed by atoms with Gasteiger partial charge in [0.05, 0.1) is 24.6 Å². The Morgan fingerprint density at radius 2 is 2.00 bits per heavy atom. The minimum absolute atomic E-state index is 0.0777. The topological polar surface area (TPSA) is 102 Å². The fourth-order valence-electron chi connectivity index (χ4n) is 3.82. The normalized spacial score (nSPS) is 12.5. The van der Waals surface area contributed by atoms with Gasteiger partial charge in [0, 0.05) is 12.4 Å². The van der Waals surface area contributed by atoms with Crippen molar-refractivity contribution >= 4 is 32.6 Å². The molecular weight excluding hydrogens is 428 g/mol. The molecule has 0 fully saturated rings. The van der Waals surface area contributed by atoms with Crippen molar-refractivity contribution in [2.45, 2.75) is 12.6 Å². The average molecular weight is 449 g/mol. The molecule has 0 saturated heterocycles. The summed E-state index contributed by atoms with van der Waals surface area (Å²) in [6.07, 6.45) is 0.693. The van der Waals surface area contributed by atoms with Crippen LogP contribution < -0.4 is 10.3 Å². The summed E-state index contributed by atoms with van der Waals surface area (Å²) in [4.78, 5) is 17.8. The van der Waals surface area contributed by atoms with E-state index in [9.17, 15) is 15.0 Å². The lowest BCUT2D eigenvalue weighted by molar-refractivity contribution is 0.219. The SMILES string of the molecule is COc1cccc(Cn2ncc3c4sc(C(O)c5cccc(O)c5)nc4n(C)c3c2=O)c1. The Morgan fingerprint density at radius 3 is 2.78 bits per heavy atom. The predicted octanol–water partition coefficient (Wildman–Crippen LogP) is 3.19. The number of phenols is 1. The fraction of sp³-hybridized carbons (Fsp3) is 0.174. The van der Waals surface area contributed by atoms with Crippen molar-refractivity contribution in [1.82, 2.24) is 19.3 Å². The maximum Gasteiger partial charge on any atom is 0.291 e. The van der Waals surface area contributed by atoms with Gasteiger partial charge in [-0.25, -0.2) is 9.67 Å². The molecule has 0 aliphatic carbocycles. The van der Waals surface area contributed by atoms with E-state index in [4.69, 9.17) is 4.74 Å². The molecule has 2 aromatic carbocycles. The molecule has 8 nitrogen and oxygen atoms in total. The zero-order valence-electron chi connectivity index (χ0n) is 17.4. The van der Waals surface area contributed by atoms with E-state index < -0.39 is 6.10 Å². The third-order valence-electron chi connectivity index (χ3n) is 5.43. The number of aromatic nitrogens is 4. The van der Waals surface area contributed by atoms with Crippen molar-refractivity contribution in [3.8, 4) is 11.5 Å². The zero-order chi connectivity index (χ0) is 22.4. The minimum atomic E-state index is -0.976. The number of nitrogens with zero attached hydrogens (tertiary/aromatic N) is 4. The quantitative estimate of drug-likeness (QED) is 0.428. The molecule has 32 heavy (non-hydrogen) atoms. The third-order valence-corrected chi connectivity index (χ3v) is 6.56. The van der Waals surface area contributed by atoms with Crippen LogP contribution >= 0.6 is 11.3 Å². The van der Waals surface area contributed by atoms with Crippen molar-refractivity contribution in [3.05, 3.63) is 81.2 Å². The molecule has 0 aliphatic rings. The largest absolute Gasteiger partial charge is 0.508 e. The maximum atomic E-state index is 13.2. The first-order chi connectivity index (χ1) is 15.5. The van der Waals surface area contributed by atoms with Gasteiger partial charge in [-0.2, -0.15) is 5.10 Å². The van der Waals surface area contributed by atoms with Crippen LogP contribution in [0.1, 0.15) is 22.2 Å². The highest BCUT2D eigenvalue weighted by molar-refractivity contribution is 7.19. The molecule has 0 radical (unpaired) electrons. The summed E-state index contributed by atoms with van der Waals surface area (Å²) in [7, 11) is 3.39. The van der Waals surface area contributed by atoms with Crippen LogP contribution in [0.15, 0.2) is 59.5 Å². The summed E-state index contributed by atoms with van der Waals surface area (Å²) in [6.45, 7) is 0.319. The number of benzene rings is 2. The van der Waals surface area contributed by atoms with Crippen molar-refractivity contribution in [2.24, 2.45) is 7.05 Å². The van der Waals surface area contributed by atoms with Gasteiger partial charge in [0.15, 0.2) is 5.65 Å². The number of aliphatic hydroxyl groups excluding tert-OH is 1. The van der Waals surface area contributed by atoms with Gasteiger partial charge in [-0.15, -0.1) is 11.3 Å². The van der Waals surface area contributed by atoms with Crippen LogP contribution in [0.4, 0.5) is 0 Å². The number of aromatic hydroxyl groups is 1. The number of hydrogen-bond donors (Lipinski definition) is 2. The van der Waals surface area contributed by atoms with Crippen molar-refractivity contribution in [3.63, 3.8) is 0 Å². The second-order valence-electron chi connectivity index (χ2n) is 7.48. The number of fused-ring (bicyclic) bond motifs is 3. The van der Waals surface area contributed by atoms with Gasteiger partial charge in [-0.1, -0.05) is 24.3 Å². The lowest BCUT2D eigenvalue weighted by Crippen LogP contribution is -2.24. The number of rotatable bonds is 5. The van der Waals surface area contributed by atoms with Crippen LogP contribution in [-0.2, 0) is 13.6 Å². The molecular formula is C23H20N4O4S. The smallest absolute Gasteiger partial charge is 0.291 e. The zero-order valence-corrected chi connectivity index (χ0v) is 18.2. The van der Waals surface area contributed by atoms with Crippen molar-refractivity contribution in [1.29, 1.82) is 0 Å². The Balaban J connectivity index is 1.57. The molecule has 3 heterocycles. The van der Waals surface area contributed by atoms with E-state index in [1.54, 1.807) is 43.1 Å². The van der Waals surface area contributed by atoms with Gasteiger partial charge in [0.2, 0.25) is 0 Å². The van der Waals surface area contributed by atoms with Crippen molar-refractivity contribution < 1.29 is 14.9 Å². The van der Waals surface area contributed by atoms with Crippen molar-refractivity contribution in [2.75, 3.05) is 7.11 Å². The molecule has 2 N–H and O–H groups in total. The number of ether oxygens (including phenoxy) is 1. The van der Waals surface area contributed by atoms with Gasteiger partial charge in [-0.05, 0) is 35.4 Å². The third kappa shape index (κ3) is 3.31. The molecule has 3 aromatic heterocycles. The highest BCUT2D eigenvalue weighted by atomic mass is 32.1.